The van der Waals surface area contributed by atoms with Gasteiger partial charge in [-0.1, -0.05) is 70.6 Å². The first-order valence-electron chi connectivity index (χ1n) is 12.7. The minimum Gasteiger partial charge on any atom is -0.489 e. The smallest absolute Gasteiger partial charge is 0.130 e. The van der Waals surface area contributed by atoms with E-state index in [2.05, 4.69) is 13.5 Å². The lowest BCUT2D eigenvalue weighted by atomic mass is 9.63. The molecule has 0 bridgehead atoms. The van der Waals surface area contributed by atoms with Crippen LogP contribution in [0.15, 0.2) is 30.9 Å². The summed E-state index contributed by atoms with van der Waals surface area (Å²) in [4.78, 5) is 0. The molecule has 1 nitrogen and oxygen atoms in total. The van der Waals surface area contributed by atoms with Gasteiger partial charge in [-0.05, 0) is 79.2 Å². The monoisotopic (exact) mass is 412 g/mol. The van der Waals surface area contributed by atoms with Crippen molar-refractivity contribution in [2.45, 2.75) is 89.9 Å². The molecule has 0 aliphatic heterocycles. The number of ether oxygens (including phenoxy) is 1. The van der Waals surface area contributed by atoms with Gasteiger partial charge >= 0.3 is 0 Å². The lowest BCUT2D eigenvalue weighted by molar-refractivity contribution is 0.108. The fourth-order valence-electron chi connectivity index (χ4n) is 6.70. The van der Waals surface area contributed by atoms with Gasteiger partial charge in [0, 0.05) is 6.07 Å². The minimum absolute atomic E-state index is 0.0875. The first-order chi connectivity index (χ1) is 14.6. The summed E-state index contributed by atoms with van der Waals surface area (Å²) in [6.07, 6.45) is 18.4. The van der Waals surface area contributed by atoms with Crippen LogP contribution in [0.4, 0.5) is 4.39 Å². The number of rotatable bonds is 7. The molecule has 166 valence electrons. The summed E-state index contributed by atoms with van der Waals surface area (Å²) in [7, 11) is 0. The lowest BCUT2D eigenvalue weighted by Gasteiger charge is -2.42. The van der Waals surface area contributed by atoms with Crippen LogP contribution in [0.2, 0.25) is 0 Å². The zero-order chi connectivity index (χ0) is 20.9. The Hall–Kier alpha value is -1.31. The molecule has 0 radical (unpaired) electrons. The molecule has 1 aromatic carbocycles. The highest BCUT2D eigenvalue weighted by atomic mass is 19.1. The van der Waals surface area contributed by atoms with Gasteiger partial charge < -0.3 is 4.74 Å². The highest BCUT2D eigenvalue weighted by molar-refractivity contribution is 5.31. The average molecular weight is 413 g/mol. The van der Waals surface area contributed by atoms with Crippen molar-refractivity contribution in [3.63, 3.8) is 0 Å². The predicted octanol–water partition coefficient (Wildman–Crippen LogP) is 8.30. The molecule has 4 unspecified atom stereocenters. The average Bonchev–Trinajstić information content (AvgIpc) is 2.77. The quantitative estimate of drug-likeness (QED) is 0.409. The van der Waals surface area contributed by atoms with Gasteiger partial charge in [0.1, 0.15) is 18.2 Å². The van der Waals surface area contributed by atoms with E-state index in [9.17, 15) is 4.39 Å². The van der Waals surface area contributed by atoms with E-state index in [0.717, 1.165) is 41.6 Å². The van der Waals surface area contributed by atoms with Gasteiger partial charge in [-0.3, -0.25) is 0 Å². The number of benzene rings is 1. The maximum Gasteiger partial charge on any atom is 0.130 e. The van der Waals surface area contributed by atoms with E-state index in [-0.39, 0.29) is 5.82 Å². The van der Waals surface area contributed by atoms with Crippen molar-refractivity contribution in [2.75, 3.05) is 6.61 Å². The fraction of sp³-hybridized carbons (Fsp3) is 0.714. The molecule has 30 heavy (non-hydrogen) atoms. The maximum atomic E-state index is 14.7. The normalized spacial score (nSPS) is 34.2. The van der Waals surface area contributed by atoms with Crippen LogP contribution in [0.3, 0.4) is 0 Å². The third-order valence-corrected chi connectivity index (χ3v) is 8.62. The van der Waals surface area contributed by atoms with Crippen molar-refractivity contribution >= 4 is 0 Å². The third kappa shape index (κ3) is 5.48. The van der Waals surface area contributed by atoms with Crippen LogP contribution in [0.5, 0.6) is 5.75 Å². The number of hydrogen-bond acceptors (Lipinski definition) is 1. The Morgan fingerprint density at radius 3 is 2.40 bits per heavy atom. The van der Waals surface area contributed by atoms with Crippen LogP contribution in [0, 0.1) is 35.4 Å². The molecule has 3 saturated carbocycles. The van der Waals surface area contributed by atoms with E-state index in [1.165, 1.54) is 70.6 Å². The Labute approximate surface area is 183 Å². The molecular weight excluding hydrogens is 371 g/mol. The van der Waals surface area contributed by atoms with Crippen molar-refractivity contribution < 1.29 is 9.13 Å². The molecule has 3 aliphatic carbocycles. The van der Waals surface area contributed by atoms with Gasteiger partial charge in [-0.2, -0.15) is 0 Å². The van der Waals surface area contributed by atoms with E-state index in [0.29, 0.717) is 18.3 Å². The maximum absolute atomic E-state index is 14.7. The standard InChI is InChI=1S/C28H41FO/c1-3-16-30-26-14-15-27(28(29)19-26)25-13-12-23-17-22(10-11-24(23)18-25)9-8-21-6-4-20(2)5-7-21/h3,14-15,19-25H,1,4-13,16-18H2,2H3. The molecule has 0 heterocycles. The minimum atomic E-state index is -0.0875. The second-order valence-electron chi connectivity index (χ2n) is 10.7. The third-order valence-electron chi connectivity index (χ3n) is 8.62. The molecule has 3 fully saturated rings. The van der Waals surface area contributed by atoms with Crippen molar-refractivity contribution in [1.29, 1.82) is 0 Å². The Balaban J connectivity index is 1.26. The van der Waals surface area contributed by atoms with Crippen LogP contribution in [0.25, 0.3) is 0 Å². The van der Waals surface area contributed by atoms with E-state index in [1.807, 2.05) is 12.1 Å². The van der Waals surface area contributed by atoms with Crippen molar-refractivity contribution in [2.24, 2.45) is 29.6 Å². The van der Waals surface area contributed by atoms with E-state index in [1.54, 1.807) is 12.1 Å². The van der Waals surface area contributed by atoms with Gasteiger partial charge in [0.2, 0.25) is 0 Å². The summed E-state index contributed by atoms with van der Waals surface area (Å²) in [5.74, 6) is 5.55. The molecule has 3 aliphatic rings. The SMILES string of the molecule is C=CCOc1ccc(C2CCC3CC(CCC4CCC(C)CC4)CCC3C2)c(F)c1. The molecule has 0 spiro atoms. The zero-order valence-corrected chi connectivity index (χ0v) is 19.0. The van der Waals surface area contributed by atoms with E-state index >= 15 is 0 Å². The molecule has 0 N–H and O–H groups in total. The summed E-state index contributed by atoms with van der Waals surface area (Å²) in [6.45, 7) is 6.50. The summed E-state index contributed by atoms with van der Waals surface area (Å²) < 4.78 is 20.2. The van der Waals surface area contributed by atoms with Gasteiger partial charge in [0.05, 0.1) is 0 Å². The Morgan fingerprint density at radius 2 is 1.63 bits per heavy atom. The van der Waals surface area contributed by atoms with Crippen molar-refractivity contribution in [3.05, 3.63) is 42.2 Å². The Morgan fingerprint density at radius 1 is 0.933 bits per heavy atom. The molecule has 4 atom stereocenters. The fourth-order valence-corrected chi connectivity index (χ4v) is 6.70. The summed E-state index contributed by atoms with van der Waals surface area (Å²) >= 11 is 0. The molecular formula is C28H41FO. The van der Waals surface area contributed by atoms with Gasteiger partial charge in [-0.25, -0.2) is 4.39 Å². The van der Waals surface area contributed by atoms with Crippen molar-refractivity contribution in [1.82, 2.24) is 0 Å². The van der Waals surface area contributed by atoms with Crippen molar-refractivity contribution in [3.8, 4) is 5.75 Å². The highest BCUT2D eigenvalue weighted by Crippen LogP contribution is 2.49. The molecule has 4 rings (SSSR count). The molecule has 0 amide bonds. The Bertz CT molecular complexity index is 690. The van der Waals surface area contributed by atoms with Crippen LogP contribution in [-0.2, 0) is 0 Å². The van der Waals surface area contributed by atoms with Gasteiger partial charge in [0.15, 0.2) is 0 Å². The number of fused-ring (bicyclic) bond motifs is 1. The predicted molar refractivity (Wildman–Crippen MR) is 123 cm³/mol. The molecule has 2 heteroatoms. The second-order valence-corrected chi connectivity index (χ2v) is 10.7. The summed E-state index contributed by atoms with van der Waals surface area (Å²) in [6, 6.07) is 5.46. The van der Waals surface area contributed by atoms with Crippen LogP contribution in [0.1, 0.15) is 95.5 Å². The second kappa shape index (κ2) is 10.3. The molecule has 0 saturated heterocycles. The highest BCUT2D eigenvalue weighted by Gasteiger charge is 2.36. The van der Waals surface area contributed by atoms with E-state index < -0.39 is 0 Å². The van der Waals surface area contributed by atoms with E-state index in [4.69, 9.17) is 4.74 Å². The van der Waals surface area contributed by atoms with Crippen LogP contribution in [-0.4, -0.2) is 6.61 Å². The first kappa shape index (κ1) is 21.9. The topological polar surface area (TPSA) is 9.23 Å². The van der Waals surface area contributed by atoms with Crippen LogP contribution >= 0.6 is 0 Å². The first-order valence-corrected chi connectivity index (χ1v) is 12.7. The molecule has 1 aromatic rings. The number of hydrogen-bond donors (Lipinski definition) is 0. The lowest BCUT2D eigenvalue weighted by Crippen LogP contribution is -2.31. The summed E-state index contributed by atoms with van der Waals surface area (Å²) in [5.41, 5.74) is 0.910. The zero-order valence-electron chi connectivity index (χ0n) is 19.0. The Kier molecular flexibility index (Phi) is 7.55. The van der Waals surface area contributed by atoms with Crippen LogP contribution < -0.4 is 4.74 Å². The molecule has 0 aromatic heterocycles. The van der Waals surface area contributed by atoms with Gasteiger partial charge in [0.25, 0.3) is 0 Å². The largest absolute Gasteiger partial charge is 0.489 e. The number of halogens is 1. The van der Waals surface area contributed by atoms with Gasteiger partial charge in [-0.15, -0.1) is 0 Å². The summed E-state index contributed by atoms with van der Waals surface area (Å²) in [5, 5.41) is 0.